The van der Waals surface area contributed by atoms with Crippen molar-refractivity contribution in [1.29, 1.82) is 0 Å². The van der Waals surface area contributed by atoms with Crippen LogP contribution in [0.5, 0.6) is 0 Å². The van der Waals surface area contributed by atoms with Crippen molar-refractivity contribution in [2.45, 2.75) is 25.7 Å². The fourth-order valence-corrected chi connectivity index (χ4v) is 4.68. The molecule has 2 amide bonds. The summed E-state index contributed by atoms with van der Waals surface area (Å²) in [5, 5.41) is 5.32. The monoisotopic (exact) mass is 451 g/mol. The number of anilines is 2. The lowest BCUT2D eigenvalue weighted by Gasteiger charge is -2.13. The van der Waals surface area contributed by atoms with Gasteiger partial charge in [0.25, 0.3) is 21.8 Å². The molecule has 0 unspecified atom stereocenters. The van der Waals surface area contributed by atoms with Gasteiger partial charge in [-0.1, -0.05) is 24.3 Å². The molecule has 3 N–H and O–H groups in total. The Morgan fingerprint density at radius 2 is 1.50 bits per heavy atom. The van der Waals surface area contributed by atoms with E-state index in [1.165, 1.54) is 31.3 Å². The minimum atomic E-state index is -3.77. The Labute approximate surface area is 187 Å². The first-order valence-electron chi connectivity index (χ1n) is 9.95. The molecule has 8 heteroatoms. The second-order valence-corrected chi connectivity index (χ2v) is 9.13. The molecule has 0 aliphatic heterocycles. The average molecular weight is 452 g/mol. The largest absolute Gasteiger partial charge is 0.355 e. The van der Waals surface area contributed by atoms with Crippen LogP contribution < -0.4 is 15.4 Å². The number of hydrogen-bond donors (Lipinski definition) is 3. The molecule has 0 bridgehead atoms. The Morgan fingerprint density at radius 3 is 2.16 bits per heavy atom. The van der Waals surface area contributed by atoms with E-state index in [-0.39, 0.29) is 10.8 Å². The molecule has 0 aliphatic rings. The van der Waals surface area contributed by atoms with Crippen molar-refractivity contribution < 1.29 is 18.0 Å². The first-order valence-corrected chi connectivity index (χ1v) is 11.4. The molecule has 166 valence electrons. The molecule has 0 aliphatic carbocycles. The number of rotatable bonds is 6. The molecule has 0 atom stereocenters. The normalized spacial score (nSPS) is 11.0. The van der Waals surface area contributed by atoms with Crippen LogP contribution in [0.1, 0.15) is 37.4 Å². The number of carbonyl (C=O) groups excluding carboxylic acids is 2. The summed E-state index contributed by atoms with van der Waals surface area (Å²) in [6.07, 6.45) is 0. The van der Waals surface area contributed by atoms with Crippen LogP contribution in [0.4, 0.5) is 11.4 Å². The van der Waals surface area contributed by atoms with Gasteiger partial charge in [0.15, 0.2) is 0 Å². The van der Waals surface area contributed by atoms with Gasteiger partial charge in [-0.05, 0) is 73.9 Å². The Bertz CT molecular complexity index is 1280. The van der Waals surface area contributed by atoms with E-state index >= 15 is 0 Å². The maximum absolute atomic E-state index is 12.8. The smallest absolute Gasteiger partial charge is 0.262 e. The van der Waals surface area contributed by atoms with Crippen LogP contribution in [0.2, 0.25) is 0 Å². The Hall–Kier alpha value is -3.65. The van der Waals surface area contributed by atoms with Gasteiger partial charge in [-0.3, -0.25) is 14.3 Å². The van der Waals surface area contributed by atoms with Gasteiger partial charge in [0, 0.05) is 18.3 Å². The molecule has 0 heterocycles. The molecular weight excluding hydrogens is 426 g/mol. The van der Waals surface area contributed by atoms with Crippen LogP contribution in [0, 0.1) is 20.8 Å². The van der Waals surface area contributed by atoms with Crippen molar-refractivity contribution in [3.05, 3.63) is 88.5 Å². The van der Waals surface area contributed by atoms with Crippen LogP contribution in [0.15, 0.2) is 65.6 Å². The summed E-state index contributed by atoms with van der Waals surface area (Å²) in [5.74, 6) is -0.709. The third kappa shape index (κ3) is 4.97. The highest BCUT2D eigenvalue weighted by Gasteiger charge is 2.18. The number of amides is 2. The van der Waals surface area contributed by atoms with Gasteiger partial charge in [-0.25, -0.2) is 8.42 Å². The highest BCUT2D eigenvalue weighted by molar-refractivity contribution is 7.92. The van der Waals surface area contributed by atoms with E-state index in [4.69, 9.17) is 0 Å². The van der Waals surface area contributed by atoms with Gasteiger partial charge in [-0.2, -0.15) is 0 Å². The lowest BCUT2D eigenvalue weighted by molar-refractivity contribution is 0.0963. The molecule has 0 spiro atoms. The van der Waals surface area contributed by atoms with Gasteiger partial charge in [-0.15, -0.1) is 0 Å². The molecule has 3 aromatic carbocycles. The molecule has 3 aromatic rings. The van der Waals surface area contributed by atoms with Crippen molar-refractivity contribution >= 4 is 33.2 Å². The summed E-state index contributed by atoms with van der Waals surface area (Å²) in [5.41, 5.74) is 3.67. The van der Waals surface area contributed by atoms with E-state index in [0.717, 1.165) is 11.1 Å². The Kier molecular flexibility index (Phi) is 6.64. The van der Waals surface area contributed by atoms with Crippen LogP contribution in [0.3, 0.4) is 0 Å². The zero-order valence-electron chi connectivity index (χ0n) is 18.3. The molecule has 0 fully saturated rings. The third-order valence-corrected chi connectivity index (χ3v) is 6.53. The highest BCUT2D eigenvalue weighted by Crippen LogP contribution is 2.23. The second-order valence-electron chi connectivity index (χ2n) is 7.48. The van der Waals surface area contributed by atoms with E-state index in [9.17, 15) is 18.0 Å². The van der Waals surface area contributed by atoms with E-state index in [0.29, 0.717) is 28.1 Å². The summed E-state index contributed by atoms with van der Waals surface area (Å²) < 4.78 is 28.1. The van der Waals surface area contributed by atoms with Crippen molar-refractivity contribution in [2.24, 2.45) is 0 Å². The average Bonchev–Trinajstić information content (AvgIpc) is 2.75. The van der Waals surface area contributed by atoms with Crippen molar-refractivity contribution in [2.75, 3.05) is 17.1 Å². The quantitative estimate of drug-likeness (QED) is 0.526. The van der Waals surface area contributed by atoms with Crippen LogP contribution >= 0.6 is 0 Å². The fourth-order valence-electron chi connectivity index (χ4n) is 3.29. The van der Waals surface area contributed by atoms with Crippen molar-refractivity contribution in [3.63, 3.8) is 0 Å². The number of nitrogens with one attached hydrogen (secondary N) is 3. The summed E-state index contributed by atoms with van der Waals surface area (Å²) in [4.78, 5) is 25.1. The molecule has 7 nitrogen and oxygen atoms in total. The van der Waals surface area contributed by atoms with Crippen LogP contribution in [-0.4, -0.2) is 27.3 Å². The molecule has 3 rings (SSSR count). The molecule has 0 saturated heterocycles. The Morgan fingerprint density at radius 1 is 0.812 bits per heavy atom. The van der Waals surface area contributed by atoms with Gasteiger partial charge < -0.3 is 10.6 Å². The zero-order valence-corrected chi connectivity index (χ0v) is 19.1. The number of sulfonamides is 1. The lowest BCUT2D eigenvalue weighted by atomic mass is 10.1. The first-order chi connectivity index (χ1) is 15.1. The maximum Gasteiger partial charge on any atom is 0.262 e. The van der Waals surface area contributed by atoms with Gasteiger partial charge >= 0.3 is 0 Å². The molecule has 0 aromatic heterocycles. The Balaban J connectivity index is 1.79. The SMILES string of the molecule is CNC(=O)c1c(C)cccc1NC(=O)c1ccc(NS(=O)(=O)c2cc(C)ccc2C)cc1. The first kappa shape index (κ1) is 23.0. The van der Waals surface area contributed by atoms with Crippen LogP contribution in [-0.2, 0) is 10.0 Å². The van der Waals surface area contributed by atoms with Crippen LogP contribution in [0.25, 0.3) is 0 Å². The third-order valence-electron chi connectivity index (χ3n) is 5.01. The standard InChI is InChI=1S/C24H25N3O4S/c1-15-8-9-16(2)21(14-15)32(30,31)27-19-12-10-18(11-13-19)23(28)26-20-7-5-6-17(3)22(20)24(29)25-4/h5-14,27H,1-4H3,(H,25,29)(H,26,28). The summed E-state index contributed by atoms with van der Waals surface area (Å²) in [6, 6.07) is 16.5. The highest BCUT2D eigenvalue weighted by atomic mass is 32.2. The number of benzene rings is 3. The minimum Gasteiger partial charge on any atom is -0.355 e. The molecule has 0 radical (unpaired) electrons. The predicted molar refractivity (Wildman–Crippen MR) is 126 cm³/mol. The molecule has 32 heavy (non-hydrogen) atoms. The summed E-state index contributed by atoms with van der Waals surface area (Å²) in [6.45, 7) is 5.35. The van der Waals surface area contributed by atoms with E-state index in [1.54, 1.807) is 44.2 Å². The number of carbonyl (C=O) groups is 2. The topological polar surface area (TPSA) is 104 Å². The van der Waals surface area contributed by atoms with Crippen molar-refractivity contribution in [1.82, 2.24) is 5.32 Å². The molecule has 0 saturated carbocycles. The summed E-state index contributed by atoms with van der Waals surface area (Å²) >= 11 is 0. The number of aryl methyl sites for hydroxylation is 3. The summed E-state index contributed by atoms with van der Waals surface area (Å²) in [7, 11) is -2.24. The van der Waals surface area contributed by atoms with E-state index < -0.39 is 15.9 Å². The maximum atomic E-state index is 12.8. The van der Waals surface area contributed by atoms with Gasteiger partial charge in [0.05, 0.1) is 16.1 Å². The lowest BCUT2D eigenvalue weighted by Crippen LogP contribution is -2.22. The fraction of sp³-hybridized carbons (Fsp3) is 0.167. The molecular formula is C24H25N3O4S. The van der Waals surface area contributed by atoms with E-state index in [2.05, 4.69) is 15.4 Å². The van der Waals surface area contributed by atoms with Gasteiger partial charge in [0.1, 0.15) is 0 Å². The minimum absolute atomic E-state index is 0.209. The number of hydrogen-bond acceptors (Lipinski definition) is 4. The van der Waals surface area contributed by atoms with Crippen molar-refractivity contribution in [3.8, 4) is 0 Å². The van der Waals surface area contributed by atoms with Gasteiger partial charge in [0.2, 0.25) is 0 Å². The second kappa shape index (κ2) is 9.23. The zero-order chi connectivity index (χ0) is 23.5. The predicted octanol–water partition coefficient (Wildman–Crippen LogP) is 4.02. The van der Waals surface area contributed by atoms with E-state index in [1.807, 2.05) is 13.0 Å².